The molecular formula is C23H25NO4S2. The largest absolute Gasteiger partial charge is 0.320 e. The molecular weight excluding hydrogens is 418 g/mol. The van der Waals surface area contributed by atoms with Crippen LogP contribution in [0.1, 0.15) is 16.7 Å². The number of hydrogen-bond acceptors (Lipinski definition) is 5. The van der Waals surface area contributed by atoms with Crippen molar-refractivity contribution in [3.8, 4) is 0 Å². The summed E-state index contributed by atoms with van der Waals surface area (Å²) in [6.45, 7) is 3.73. The van der Waals surface area contributed by atoms with Gasteiger partial charge in [0.1, 0.15) is 0 Å². The Morgan fingerprint density at radius 3 is 1.37 bits per heavy atom. The lowest BCUT2D eigenvalue weighted by molar-refractivity contribution is 0.515. The standard InChI is InChI=1S/C23H25NO4S2/c1-18-8-12-21(13-9-18)29(25,26)16-23(24,20-6-4-3-5-7-20)17-30(27,28)22-14-10-19(2)11-15-22/h3-15H,16-17,24H2,1-2H3. The fraction of sp³-hybridized carbons (Fsp3) is 0.217. The highest BCUT2D eigenvalue weighted by atomic mass is 32.2. The highest BCUT2D eigenvalue weighted by Gasteiger charge is 2.39. The summed E-state index contributed by atoms with van der Waals surface area (Å²) in [5.74, 6) is -1.06. The molecule has 0 aromatic heterocycles. The van der Waals surface area contributed by atoms with Crippen LogP contribution < -0.4 is 5.73 Å². The topological polar surface area (TPSA) is 94.3 Å². The normalized spacial score (nSPS) is 12.6. The molecule has 0 amide bonds. The molecule has 5 nitrogen and oxygen atoms in total. The van der Waals surface area contributed by atoms with Crippen molar-refractivity contribution in [2.24, 2.45) is 5.73 Å². The zero-order valence-electron chi connectivity index (χ0n) is 16.9. The van der Waals surface area contributed by atoms with Crippen LogP contribution >= 0.6 is 0 Å². The fourth-order valence-electron chi connectivity index (χ4n) is 3.31. The third kappa shape index (κ3) is 4.98. The fourth-order valence-corrected chi connectivity index (χ4v) is 6.77. The zero-order chi connectivity index (χ0) is 22.0. The first-order valence-corrected chi connectivity index (χ1v) is 12.8. The van der Waals surface area contributed by atoms with Crippen molar-refractivity contribution in [3.63, 3.8) is 0 Å². The number of benzene rings is 3. The highest BCUT2D eigenvalue weighted by Crippen LogP contribution is 2.28. The third-order valence-corrected chi connectivity index (χ3v) is 8.78. The molecule has 30 heavy (non-hydrogen) atoms. The SMILES string of the molecule is Cc1ccc(S(=O)(=O)CC(N)(CS(=O)(=O)c2ccc(C)cc2)c2ccccc2)cc1. The van der Waals surface area contributed by atoms with Crippen molar-refractivity contribution in [1.29, 1.82) is 0 Å². The smallest absolute Gasteiger partial charge is 0.180 e. The summed E-state index contributed by atoms with van der Waals surface area (Å²) in [6.07, 6.45) is 0. The first-order chi connectivity index (χ1) is 14.0. The lowest BCUT2D eigenvalue weighted by Crippen LogP contribution is -2.49. The summed E-state index contributed by atoms with van der Waals surface area (Å²) in [5.41, 5.74) is 7.26. The monoisotopic (exact) mass is 443 g/mol. The van der Waals surface area contributed by atoms with Gasteiger partial charge in [0.05, 0.1) is 26.8 Å². The minimum atomic E-state index is -3.83. The average molecular weight is 444 g/mol. The van der Waals surface area contributed by atoms with Gasteiger partial charge < -0.3 is 5.73 Å². The van der Waals surface area contributed by atoms with Crippen LogP contribution in [0.25, 0.3) is 0 Å². The Bertz CT molecular complexity index is 1140. The van der Waals surface area contributed by atoms with Gasteiger partial charge in [-0.2, -0.15) is 0 Å². The third-order valence-electron chi connectivity index (χ3n) is 5.00. The summed E-state index contributed by atoms with van der Waals surface area (Å²) in [6, 6.07) is 21.4. The zero-order valence-corrected chi connectivity index (χ0v) is 18.6. The molecule has 0 bridgehead atoms. The van der Waals surface area contributed by atoms with Crippen LogP contribution in [0.2, 0.25) is 0 Å². The summed E-state index contributed by atoms with van der Waals surface area (Å²) >= 11 is 0. The molecule has 0 aliphatic rings. The number of nitrogens with two attached hydrogens (primary N) is 1. The molecule has 0 atom stereocenters. The minimum Gasteiger partial charge on any atom is -0.320 e. The molecule has 3 aromatic carbocycles. The van der Waals surface area contributed by atoms with Gasteiger partial charge in [0.15, 0.2) is 19.7 Å². The predicted molar refractivity (Wildman–Crippen MR) is 119 cm³/mol. The molecule has 3 rings (SSSR count). The van der Waals surface area contributed by atoms with E-state index >= 15 is 0 Å². The van der Waals surface area contributed by atoms with Gasteiger partial charge in [0.2, 0.25) is 0 Å². The van der Waals surface area contributed by atoms with Gasteiger partial charge in [-0.05, 0) is 43.7 Å². The first kappa shape index (κ1) is 22.2. The molecule has 0 saturated carbocycles. The van der Waals surface area contributed by atoms with Gasteiger partial charge in [0.25, 0.3) is 0 Å². The van der Waals surface area contributed by atoms with E-state index in [0.717, 1.165) is 11.1 Å². The molecule has 0 aliphatic heterocycles. The molecule has 0 heterocycles. The molecule has 158 valence electrons. The number of rotatable bonds is 7. The second kappa shape index (κ2) is 8.34. The molecule has 3 aromatic rings. The molecule has 0 radical (unpaired) electrons. The van der Waals surface area contributed by atoms with Gasteiger partial charge >= 0.3 is 0 Å². The molecule has 0 aliphatic carbocycles. The Morgan fingerprint density at radius 1 is 0.633 bits per heavy atom. The molecule has 2 N–H and O–H groups in total. The maximum Gasteiger partial charge on any atom is 0.180 e. The van der Waals surface area contributed by atoms with E-state index in [-0.39, 0.29) is 9.79 Å². The summed E-state index contributed by atoms with van der Waals surface area (Å²) in [4.78, 5) is 0.234. The van der Waals surface area contributed by atoms with Crippen molar-refractivity contribution < 1.29 is 16.8 Å². The molecule has 7 heteroatoms. The van der Waals surface area contributed by atoms with Gasteiger partial charge in [-0.25, -0.2) is 16.8 Å². The highest BCUT2D eigenvalue weighted by molar-refractivity contribution is 7.92. The Labute approximate surface area is 178 Å². The van der Waals surface area contributed by atoms with Crippen LogP contribution in [0, 0.1) is 13.8 Å². The van der Waals surface area contributed by atoms with Crippen LogP contribution in [0.5, 0.6) is 0 Å². The van der Waals surface area contributed by atoms with Crippen LogP contribution in [-0.2, 0) is 25.2 Å². The van der Waals surface area contributed by atoms with E-state index < -0.39 is 36.7 Å². The van der Waals surface area contributed by atoms with Crippen molar-refractivity contribution in [2.75, 3.05) is 11.5 Å². The molecule has 0 spiro atoms. The first-order valence-electron chi connectivity index (χ1n) is 9.45. The van der Waals surface area contributed by atoms with E-state index in [1.807, 2.05) is 13.8 Å². The lowest BCUT2D eigenvalue weighted by Gasteiger charge is -2.29. The van der Waals surface area contributed by atoms with Crippen LogP contribution in [0.15, 0.2) is 88.7 Å². The second-order valence-electron chi connectivity index (χ2n) is 7.67. The predicted octanol–water partition coefficient (Wildman–Crippen LogP) is 3.41. The van der Waals surface area contributed by atoms with E-state index in [0.29, 0.717) is 5.56 Å². The van der Waals surface area contributed by atoms with Gasteiger partial charge in [-0.1, -0.05) is 65.7 Å². The maximum absolute atomic E-state index is 13.1. The Morgan fingerprint density at radius 2 is 1.00 bits per heavy atom. The van der Waals surface area contributed by atoms with E-state index in [1.54, 1.807) is 54.6 Å². The summed E-state index contributed by atoms with van der Waals surface area (Å²) in [7, 11) is -7.67. The second-order valence-corrected chi connectivity index (χ2v) is 11.6. The Balaban J connectivity index is 2.04. The quantitative estimate of drug-likeness (QED) is 0.604. The van der Waals surface area contributed by atoms with Crippen molar-refractivity contribution in [2.45, 2.75) is 29.2 Å². The van der Waals surface area contributed by atoms with Crippen LogP contribution in [-0.4, -0.2) is 28.3 Å². The maximum atomic E-state index is 13.1. The van der Waals surface area contributed by atoms with Crippen molar-refractivity contribution >= 4 is 19.7 Å². The van der Waals surface area contributed by atoms with Gasteiger partial charge in [0, 0.05) is 0 Å². The molecule has 0 unspecified atom stereocenters. The Hall–Kier alpha value is -2.48. The van der Waals surface area contributed by atoms with Crippen LogP contribution in [0.4, 0.5) is 0 Å². The number of hydrogen-bond donors (Lipinski definition) is 1. The summed E-state index contributed by atoms with van der Waals surface area (Å²) in [5, 5.41) is 0. The number of sulfone groups is 2. The number of aryl methyl sites for hydroxylation is 2. The van der Waals surface area contributed by atoms with E-state index in [4.69, 9.17) is 5.73 Å². The van der Waals surface area contributed by atoms with E-state index in [9.17, 15) is 16.8 Å². The van der Waals surface area contributed by atoms with Crippen molar-refractivity contribution in [1.82, 2.24) is 0 Å². The lowest BCUT2D eigenvalue weighted by atomic mass is 9.95. The molecule has 0 saturated heterocycles. The minimum absolute atomic E-state index is 0.117. The average Bonchev–Trinajstić information content (AvgIpc) is 2.68. The summed E-state index contributed by atoms with van der Waals surface area (Å²) < 4.78 is 52.5. The van der Waals surface area contributed by atoms with Crippen LogP contribution in [0.3, 0.4) is 0 Å². The Kier molecular flexibility index (Phi) is 6.17. The van der Waals surface area contributed by atoms with E-state index in [2.05, 4.69) is 0 Å². The van der Waals surface area contributed by atoms with Gasteiger partial charge in [-0.3, -0.25) is 0 Å². The molecule has 0 fully saturated rings. The van der Waals surface area contributed by atoms with E-state index in [1.165, 1.54) is 24.3 Å². The van der Waals surface area contributed by atoms with Gasteiger partial charge in [-0.15, -0.1) is 0 Å². The van der Waals surface area contributed by atoms with Crippen molar-refractivity contribution in [3.05, 3.63) is 95.6 Å².